The van der Waals surface area contributed by atoms with E-state index in [0.717, 1.165) is 5.56 Å². The van der Waals surface area contributed by atoms with Crippen molar-refractivity contribution < 1.29 is 23.0 Å². The number of carbonyl (C=O) groups is 1. The monoisotopic (exact) mass is 415 g/mol. The first-order valence-electron chi connectivity index (χ1n) is 10.4. The molecule has 2 aromatic rings. The zero-order chi connectivity index (χ0) is 21.5. The molecule has 0 radical (unpaired) electrons. The molecule has 4 nitrogen and oxygen atoms in total. The third-order valence-electron chi connectivity index (χ3n) is 5.93. The lowest BCUT2D eigenvalue weighted by Crippen LogP contribution is -2.43. The van der Waals surface area contributed by atoms with Crippen molar-refractivity contribution in [3.05, 3.63) is 53.1 Å². The lowest BCUT2D eigenvalue weighted by molar-refractivity contribution is -0.135. The van der Waals surface area contributed by atoms with E-state index >= 15 is 0 Å². The van der Waals surface area contributed by atoms with Gasteiger partial charge in [0.1, 0.15) is 11.9 Å². The van der Waals surface area contributed by atoms with Crippen LogP contribution in [0.4, 0.5) is 8.78 Å². The second-order valence-electron chi connectivity index (χ2n) is 8.90. The number of hydrogen-bond donors (Lipinski definition) is 1. The Morgan fingerprint density at radius 1 is 1.17 bits per heavy atom. The molecule has 0 saturated carbocycles. The van der Waals surface area contributed by atoms with Crippen molar-refractivity contribution in [2.75, 3.05) is 13.2 Å². The van der Waals surface area contributed by atoms with Crippen molar-refractivity contribution in [3.63, 3.8) is 0 Å². The summed E-state index contributed by atoms with van der Waals surface area (Å²) in [5, 5.41) is 2.95. The van der Waals surface area contributed by atoms with Gasteiger partial charge < -0.3 is 14.8 Å². The lowest BCUT2D eigenvalue weighted by atomic mass is 9.88. The number of carbonyl (C=O) groups excluding carboxylic acids is 1. The summed E-state index contributed by atoms with van der Waals surface area (Å²) < 4.78 is 40.0. The van der Waals surface area contributed by atoms with Gasteiger partial charge in [0.2, 0.25) is 5.91 Å². The van der Waals surface area contributed by atoms with Crippen molar-refractivity contribution in [1.82, 2.24) is 5.32 Å². The number of amides is 1. The fraction of sp³-hybridized carbons (Fsp3) is 0.458. The minimum Gasteiger partial charge on any atom is -0.485 e. The second-order valence-corrected chi connectivity index (χ2v) is 8.90. The molecule has 1 amide bonds. The molecule has 2 unspecified atom stereocenters. The van der Waals surface area contributed by atoms with Crippen molar-refractivity contribution in [3.8, 4) is 16.9 Å². The number of nitrogens with one attached hydrogen (secondary N) is 1. The summed E-state index contributed by atoms with van der Waals surface area (Å²) in [4.78, 5) is 12.5. The normalized spacial score (nSPS) is 22.3. The summed E-state index contributed by atoms with van der Waals surface area (Å²) in [5.74, 6) is -0.665. The number of fused-ring (bicyclic) bond motifs is 1. The Hall–Kier alpha value is -2.47. The molecule has 2 aliphatic heterocycles. The predicted octanol–water partition coefficient (Wildman–Crippen LogP) is 4.57. The van der Waals surface area contributed by atoms with Gasteiger partial charge in [0.05, 0.1) is 12.1 Å². The van der Waals surface area contributed by atoms with E-state index in [9.17, 15) is 13.6 Å². The molecule has 0 bridgehead atoms. The molecule has 30 heavy (non-hydrogen) atoms. The van der Waals surface area contributed by atoms with Gasteiger partial charge in [-0.1, -0.05) is 12.1 Å². The number of halogens is 2. The molecule has 1 saturated heterocycles. The van der Waals surface area contributed by atoms with Crippen LogP contribution in [-0.2, 0) is 16.0 Å². The summed E-state index contributed by atoms with van der Waals surface area (Å²) in [6.45, 7) is 6.56. The predicted molar refractivity (Wildman–Crippen MR) is 110 cm³/mol. The molecule has 0 spiro atoms. The molecule has 2 aromatic carbocycles. The molecular formula is C24H27F2NO3. The topological polar surface area (TPSA) is 47.6 Å². The first-order valence-corrected chi connectivity index (χ1v) is 10.4. The van der Waals surface area contributed by atoms with E-state index in [4.69, 9.17) is 9.47 Å². The maximum atomic E-state index is 14.6. The van der Waals surface area contributed by atoms with Crippen LogP contribution in [0.2, 0.25) is 0 Å². The standard InChI is InChI=1S/C24H27F2NO3/c1-14-4-5-15(10-20(14)25)17-8-18-9-19(30-22(18)21(26)11-17)13-27-23(28)16-6-7-29-24(2,3)12-16/h4-5,8,10-11,16,19H,6-7,9,12-13H2,1-3H3,(H,27,28). The van der Waals surface area contributed by atoms with Crippen molar-refractivity contribution >= 4 is 5.91 Å². The third kappa shape index (κ3) is 4.33. The molecule has 2 aliphatic rings. The minimum absolute atomic E-state index is 0.0118. The smallest absolute Gasteiger partial charge is 0.223 e. The SMILES string of the molecule is Cc1ccc(-c2cc(F)c3c(c2)CC(CNC(=O)C2CCOC(C)(C)C2)O3)cc1F. The van der Waals surface area contributed by atoms with Crippen molar-refractivity contribution in [2.24, 2.45) is 5.92 Å². The Kier molecular flexibility index (Phi) is 5.53. The lowest BCUT2D eigenvalue weighted by Gasteiger charge is -2.34. The molecule has 160 valence electrons. The van der Waals surface area contributed by atoms with E-state index in [2.05, 4.69) is 5.32 Å². The van der Waals surface area contributed by atoms with Crippen LogP contribution in [0.3, 0.4) is 0 Å². The first-order chi connectivity index (χ1) is 14.2. The van der Waals surface area contributed by atoms with Crippen LogP contribution in [0.5, 0.6) is 5.75 Å². The van der Waals surface area contributed by atoms with Crippen molar-refractivity contribution in [2.45, 2.75) is 51.7 Å². The van der Waals surface area contributed by atoms with E-state index in [1.54, 1.807) is 19.1 Å². The summed E-state index contributed by atoms with van der Waals surface area (Å²) in [7, 11) is 0. The largest absolute Gasteiger partial charge is 0.485 e. The molecular weight excluding hydrogens is 388 g/mol. The fourth-order valence-corrected chi connectivity index (χ4v) is 4.25. The van der Waals surface area contributed by atoms with Crippen LogP contribution < -0.4 is 10.1 Å². The van der Waals surface area contributed by atoms with Gasteiger partial charge in [-0.25, -0.2) is 8.78 Å². The maximum Gasteiger partial charge on any atom is 0.223 e. The van der Waals surface area contributed by atoms with E-state index < -0.39 is 5.82 Å². The average Bonchev–Trinajstić information content (AvgIpc) is 3.11. The minimum atomic E-state index is -0.469. The van der Waals surface area contributed by atoms with Crippen LogP contribution in [0.15, 0.2) is 30.3 Å². The highest BCUT2D eigenvalue weighted by Gasteiger charge is 2.34. The molecule has 6 heteroatoms. The van der Waals surface area contributed by atoms with Gasteiger partial charge >= 0.3 is 0 Å². The van der Waals surface area contributed by atoms with Gasteiger partial charge in [-0.2, -0.15) is 0 Å². The van der Waals surface area contributed by atoms with Crippen LogP contribution in [0, 0.1) is 24.5 Å². The Morgan fingerprint density at radius 3 is 2.67 bits per heavy atom. The third-order valence-corrected chi connectivity index (χ3v) is 5.93. The van der Waals surface area contributed by atoms with Gasteiger partial charge in [0, 0.05) is 24.5 Å². The highest BCUT2D eigenvalue weighted by atomic mass is 19.1. The highest BCUT2D eigenvalue weighted by Crippen LogP contribution is 2.36. The molecule has 1 N–H and O–H groups in total. The molecule has 4 rings (SSSR count). The quantitative estimate of drug-likeness (QED) is 0.796. The van der Waals surface area contributed by atoms with Gasteiger partial charge in [0.15, 0.2) is 11.6 Å². The Morgan fingerprint density at radius 2 is 1.93 bits per heavy atom. The fourth-order valence-electron chi connectivity index (χ4n) is 4.25. The van der Waals surface area contributed by atoms with E-state index in [-0.39, 0.29) is 35.1 Å². The summed E-state index contributed by atoms with van der Waals surface area (Å²) >= 11 is 0. The Bertz CT molecular complexity index is 973. The first kappa shape index (κ1) is 20.8. The van der Waals surface area contributed by atoms with Gasteiger partial charge in [-0.05, 0) is 68.5 Å². The molecule has 1 fully saturated rings. The van der Waals surface area contributed by atoms with Crippen LogP contribution in [0.1, 0.15) is 37.8 Å². The van der Waals surface area contributed by atoms with Crippen LogP contribution >= 0.6 is 0 Å². The molecule has 2 heterocycles. The summed E-state index contributed by atoms with van der Waals surface area (Å²) in [6.07, 6.45) is 1.55. The number of rotatable bonds is 4. The summed E-state index contributed by atoms with van der Waals surface area (Å²) in [6, 6.07) is 8.09. The zero-order valence-corrected chi connectivity index (χ0v) is 17.6. The van der Waals surface area contributed by atoms with Gasteiger partial charge in [0.25, 0.3) is 0 Å². The van der Waals surface area contributed by atoms with Crippen LogP contribution in [0.25, 0.3) is 11.1 Å². The zero-order valence-electron chi connectivity index (χ0n) is 17.6. The number of benzene rings is 2. The highest BCUT2D eigenvalue weighted by molar-refractivity contribution is 5.79. The Labute approximate surface area is 175 Å². The molecule has 0 aliphatic carbocycles. The van der Waals surface area contributed by atoms with Crippen LogP contribution in [-0.4, -0.2) is 30.8 Å². The molecule has 2 atom stereocenters. The number of hydrogen-bond acceptors (Lipinski definition) is 3. The van der Waals surface area contributed by atoms with Crippen molar-refractivity contribution in [1.29, 1.82) is 0 Å². The van der Waals surface area contributed by atoms with Gasteiger partial charge in [-0.15, -0.1) is 0 Å². The van der Waals surface area contributed by atoms with E-state index in [0.29, 0.717) is 49.1 Å². The van der Waals surface area contributed by atoms with E-state index in [1.165, 1.54) is 12.1 Å². The Balaban J connectivity index is 1.41. The molecule has 0 aromatic heterocycles. The second kappa shape index (κ2) is 7.99. The van der Waals surface area contributed by atoms with Gasteiger partial charge in [-0.3, -0.25) is 4.79 Å². The maximum absolute atomic E-state index is 14.6. The number of ether oxygens (including phenoxy) is 2. The average molecular weight is 415 g/mol. The summed E-state index contributed by atoms with van der Waals surface area (Å²) in [5.41, 5.74) is 2.22. The van der Waals surface area contributed by atoms with E-state index in [1.807, 2.05) is 19.9 Å². The number of aryl methyl sites for hydroxylation is 1.